The maximum Gasteiger partial charge on any atom is 0.362 e. The highest BCUT2D eigenvalue weighted by molar-refractivity contribution is 5.88. The Labute approximate surface area is 149 Å². The number of nitro groups is 1. The molecule has 0 aliphatic rings. The number of esters is 1. The maximum atomic E-state index is 11.7. The second-order valence-corrected chi connectivity index (χ2v) is 5.18. The first-order valence-electron chi connectivity index (χ1n) is 7.76. The van der Waals surface area contributed by atoms with Gasteiger partial charge in [-0.05, 0) is 31.0 Å². The van der Waals surface area contributed by atoms with Crippen molar-refractivity contribution in [1.29, 1.82) is 0 Å². The molecule has 0 aliphatic heterocycles. The zero-order chi connectivity index (χ0) is 19.1. The SMILES string of the molecule is CCOC(=O)/C(N=Nc1ccc(-c2ccccc2)cc1[N+](=O)[O-])=C(\C)O. The summed E-state index contributed by atoms with van der Waals surface area (Å²) in [5.74, 6) is -1.25. The van der Waals surface area contributed by atoms with E-state index in [1.807, 2.05) is 30.3 Å². The molecule has 0 heterocycles. The minimum absolute atomic E-state index is 0.0438. The molecule has 0 saturated heterocycles. The Bertz CT molecular complexity index is 872. The number of allylic oxidation sites excluding steroid dienone is 1. The summed E-state index contributed by atoms with van der Waals surface area (Å²) in [5, 5.41) is 28.3. The van der Waals surface area contributed by atoms with Crippen LogP contribution >= 0.6 is 0 Å². The van der Waals surface area contributed by atoms with E-state index in [-0.39, 0.29) is 18.0 Å². The van der Waals surface area contributed by atoms with E-state index in [0.717, 1.165) is 5.56 Å². The predicted octanol–water partition coefficient (Wildman–Crippen LogP) is 4.70. The fourth-order valence-electron chi connectivity index (χ4n) is 2.13. The number of hydrogen-bond donors (Lipinski definition) is 1. The average Bonchev–Trinajstić information content (AvgIpc) is 2.62. The van der Waals surface area contributed by atoms with Crippen LogP contribution in [0.4, 0.5) is 11.4 Å². The molecule has 0 radical (unpaired) electrons. The summed E-state index contributed by atoms with van der Waals surface area (Å²) in [7, 11) is 0. The Balaban J connectivity index is 2.42. The minimum atomic E-state index is -0.861. The smallest absolute Gasteiger partial charge is 0.362 e. The van der Waals surface area contributed by atoms with E-state index in [1.54, 1.807) is 13.0 Å². The molecule has 2 aromatic carbocycles. The number of nitro benzene ring substituents is 1. The number of aliphatic hydroxyl groups is 1. The second-order valence-electron chi connectivity index (χ2n) is 5.18. The predicted molar refractivity (Wildman–Crippen MR) is 95.0 cm³/mol. The average molecular weight is 355 g/mol. The van der Waals surface area contributed by atoms with Gasteiger partial charge in [0, 0.05) is 6.07 Å². The first-order chi connectivity index (χ1) is 12.4. The van der Waals surface area contributed by atoms with Crippen LogP contribution in [0.2, 0.25) is 0 Å². The fraction of sp³-hybridized carbons (Fsp3) is 0.167. The summed E-state index contributed by atoms with van der Waals surface area (Å²) in [5.41, 5.74) is 0.744. The lowest BCUT2D eigenvalue weighted by molar-refractivity contribution is -0.384. The number of nitrogens with zero attached hydrogens (tertiary/aromatic N) is 3. The van der Waals surface area contributed by atoms with Crippen molar-refractivity contribution < 1.29 is 19.6 Å². The molecule has 8 nitrogen and oxygen atoms in total. The van der Waals surface area contributed by atoms with Crippen molar-refractivity contribution in [2.75, 3.05) is 6.61 Å². The number of ether oxygens (including phenoxy) is 1. The molecule has 8 heteroatoms. The molecule has 2 rings (SSSR count). The monoisotopic (exact) mass is 355 g/mol. The van der Waals surface area contributed by atoms with E-state index in [0.29, 0.717) is 5.56 Å². The molecule has 0 unspecified atom stereocenters. The Hall–Kier alpha value is -3.55. The standard InChI is InChI=1S/C18H17N3O5/c1-3-26-18(23)17(12(2)22)20-19-15-10-9-14(11-16(15)21(24)25)13-7-5-4-6-8-13/h4-11,22H,3H2,1-2H3/b17-12-,20-19?. The van der Waals surface area contributed by atoms with Gasteiger partial charge in [-0.2, -0.15) is 0 Å². The van der Waals surface area contributed by atoms with Gasteiger partial charge in [0.15, 0.2) is 5.69 Å². The van der Waals surface area contributed by atoms with E-state index >= 15 is 0 Å². The van der Waals surface area contributed by atoms with Gasteiger partial charge in [-0.1, -0.05) is 36.4 Å². The summed E-state index contributed by atoms with van der Waals surface area (Å²) < 4.78 is 4.76. The van der Waals surface area contributed by atoms with E-state index in [2.05, 4.69) is 10.2 Å². The summed E-state index contributed by atoms with van der Waals surface area (Å²) in [6, 6.07) is 13.6. The zero-order valence-corrected chi connectivity index (χ0v) is 14.2. The maximum absolute atomic E-state index is 11.7. The molecule has 0 amide bonds. The van der Waals surface area contributed by atoms with Gasteiger partial charge >= 0.3 is 5.97 Å². The van der Waals surface area contributed by atoms with Gasteiger partial charge in [0.25, 0.3) is 5.69 Å². The highest BCUT2D eigenvalue weighted by Gasteiger charge is 2.18. The number of hydrogen-bond acceptors (Lipinski definition) is 7. The minimum Gasteiger partial charge on any atom is -0.510 e. The molecule has 0 aliphatic carbocycles. The van der Waals surface area contributed by atoms with Crippen LogP contribution in [0.1, 0.15) is 13.8 Å². The lowest BCUT2D eigenvalue weighted by Crippen LogP contribution is -2.07. The lowest BCUT2D eigenvalue weighted by atomic mass is 10.0. The number of carbonyl (C=O) groups excluding carboxylic acids is 1. The molecule has 134 valence electrons. The van der Waals surface area contributed by atoms with Gasteiger partial charge in [-0.3, -0.25) is 10.1 Å². The van der Waals surface area contributed by atoms with Gasteiger partial charge < -0.3 is 9.84 Å². The van der Waals surface area contributed by atoms with Crippen molar-refractivity contribution >= 4 is 17.3 Å². The van der Waals surface area contributed by atoms with E-state index in [9.17, 15) is 20.0 Å². The van der Waals surface area contributed by atoms with Crippen LogP contribution in [-0.2, 0) is 9.53 Å². The lowest BCUT2D eigenvalue weighted by Gasteiger charge is -2.04. The fourth-order valence-corrected chi connectivity index (χ4v) is 2.13. The largest absolute Gasteiger partial charge is 0.510 e. The molecular formula is C18H17N3O5. The van der Waals surface area contributed by atoms with Crippen molar-refractivity contribution in [2.45, 2.75) is 13.8 Å². The number of rotatable bonds is 6. The van der Waals surface area contributed by atoms with Gasteiger partial charge in [0.05, 0.1) is 11.5 Å². The first-order valence-corrected chi connectivity index (χ1v) is 7.76. The van der Waals surface area contributed by atoms with Crippen LogP contribution in [0.3, 0.4) is 0 Å². The van der Waals surface area contributed by atoms with Crippen molar-refractivity contribution in [1.82, 2.24) is 0 Å². The molecule has 1 N–H and O–H groups in total. The molecule has 0 atom stereocenters. The van der Waals surface area contributed by atoms with Gasteiger partial charge in [0.1, 0.15) is 5.76 Å². The topological polar surface area (TPSA) is 114 Å². The number of carbonyl (C=O) groups is 1. The zero-order valence-electron chi connectivity index (χ0n) is 14.2. The van der Waals surface area contributed by atoms with Crippen LogP contribution in [-0.4, -0.2) is 22.6 Å². The number of azo groups is 1. The molecular weight excluding hydrogens is 338 g/mol. The van der Waals surface area contributed by atoms with Crippen LogP contribution in [0.25, 0.3) is 11.1 Å². The van der Waals surface area contributed by atoms with Gasteiger partial charge in [0.2, 0.25) is 5.70 Å². The highest BCUT2D eigenvalue weighted by Crippen LogP contribution is 2.33. The third-order valence-electron chi connectivity index (χ3n) is 3.35. The van der Waals surface area contributed by atoms with E-state index in [1.165, 1.54) is 19.1 Å². The number of benzene rings is 2. The molecule has 0 bridgehead atoms. The number of aliphatic hydroxyl groups excluding tert-OH is 1. The first kappa shape index (κ1) is 18.8. The quantitative estimate of drug-likeness (QED) is 0.201. The molecule has 26 heavy (non-hydrogen) atoms. The van der Waals surface area contributed by atoms with Crippen LogP contribution in [0.5, 0.6) is 0 Å². The normalized spacial score (nSPS) is 11.9. The summed E-state index contributed by atoms with van der Waals surface area (Å²) >= 11 is 0. The summed E-state index contributed by atoms with van der Waals surface area (Å²) in [6.07, 6.45) is 0. The van der Waals surface area contributed by atoms with Gasteiger partial charge in [-0.25, -0.2) is 4.79 Å². The van der Waals surface area contributed by atoms with Crippen molar-refractivity contribution in [3.05, 3.63) is 70.1 Å². The van der Waals surface area contributed by atoms with Crippen molar-refractivity contribution in [3.63, 3.8) is 0 Å². The Morgan fingerprint density at radius 3 is 2.46 bits per heavy atom. The second kappa shape index (κ2) is 8.52. The molecule has 0 aromatic heterocycles. The molecule has 0 fully saturated rings. The highest BCUT2D eigenvalue weighted by atomic mass is 16.6. The molecule has 0 saturated carbocycles. The van der Waals surface area contributed by atoms with Crippen LogP contribution < -0.4 is 0 Å². The Morgan fingerprint density at radius 1 is 1.19 bits per heavy atom. The van der Waals surface area contributed by atoms with Crippen molar-refractivity contribution in [3.8, 4) is 11.1 Å². The van der Waals surface area contributed by atoms with Crippen LogP contribution in [0.15, 0.2) is 70.2 Å². The van der Waals surface area contributed by atoms with Crippen molar-refractivity contribution in [2.24, 2.45) is 10.2 Å². The van der Waals surface area contributed by atoms with Gasteiger partial charge in [-0.15, -0.1) is 10.2 Å². The molecule has 0 spiro atoms. The van der Waals surface area contributed by atoms with E-state index in [4.69, 9.17) is 4.74 Å². The summed E-state index contributed by atoms with van der Waals surface area (Å²) in [6.45, 7) is 2.95. The Kier molecular flexibility index (Phi) is 6.15. The summed E-state index contributed by atoms with van der Waals surface area (Å²) in [4.78, 5) is 22.5. The van der Waals surface area contributed by atoms with Crippen LogP contribution in [0, 0.1) is 10.1 Å². The third kappa shape index (κ3) is 4.50. The Morgan fingerprint density at radius 2 is 1.88 bits per heavy atom. The van der Waals surface area contributed by atoms with E-state index < -0.39 is 22.3 Å². The molecule has 2 aromatic rings. The third-order valence-corrected chi connectivity index (χ3v) is 3.35.